The second-order valence-corrected chi connectivity index (χ2v) is 6.51. The first-order valence-corrected chi connectivity index (χ1v) is 7.90. The number of hydrogen-bond donors (Lipinski definition) is 3. The number of primary amides is 1. The van der Waals surface area contributed by atoms with E-state index in [1.54, 1.807) is 6.92 Å². The monoisotopic (exact) mass is 292 g/mol. The zero-order valence-electron chi connectivity index (χ0n) is 11.0. The Balaban J connectivity index is 2.45. The van der Waals surface area contributed by atoms with Crippen molar-refractivity contribution in [3.63, 3.8) is 0 Å². The van der Waals surface area contributed by atoms with E-state index in [4.69, 9.17) is 5.73 Å². The third kappa shape index (κ3) is 5.53. The molecule has 1 heterocycles. The van der Waals surface area contributed by atoms with Crippen LogP contribution in [0.4, 0.5) is 4.79 Å². The van der Waals surface area contributed by atoms with E-state index in [0.29, 0.717) is 25.9 Å². The summed E-state index contributed by atoms with van der Waals surface area (Å²) in [5.41, 5.74) is 4.89. The highest BCUT2D eigenvalue weighted by molar-refractivity contribution is 7.88. The van der Waals surface area contributed by atoms with Crippen molar-refractivity contribution in [3.05, 3.63) is 0 Å². The number of rotatable bonds is 4. The molecule has 0 aliphatic carbocycles. The summed E-state index contributed by atoms with van der Waals surface area (Å²) >= 11 is 0. The van der Waals surface area contributed by atoms with Gasteiger partial charge in [0, 0.05) is 19.1 Å². The third-order valence-corrected chi connectivity index (χ3v) is 3.85. The highest BCUT2D eigenvalue weighted by Crippen LogP contribution is 2.13. The fourth-order valence-corrected chi connectivity index (χ4v) is 2.94. The van der Waals surface area contributed by atoms with Crippen molar-refractivity contribution >= 4 is 22.0 Å². The van der Waals surface area contributed by atoms with Crippen molar-refractivity contribution in [2.24, 2.45) is 5.73 Å². The van der Waals surface area contributed by atoms with E-state index in [2.05, 4.69) is 4.72 Å². The Morgan fingerprint density at radius 2 is 1.84 bits per heavy atom. The van der Waals surface area contributed by atoms with Gasteiger partial charge in [-0.25, -0.2) is 17.9 Å². The average molecular weight is 292 g/mol. The van der Waals surface area contributed by atoms with Crippen LogP contribution in [0.3, 0.4) is 0 Å². The lowest BCUT2D eigenvalue weighted by Gasteiger charge is -2.35. The van der Waals surface area contributed by atoms with Crippen LogP contribution >= 0.6 is 0 Å². The summed E-state index contributed by atoms with van der Waals surface area (Å²) in [7, 11) is -3.20. The maximum atomic E-state index is 11.6. The van der Waals surface area contributed by atoms with Gasteiger partial charge in [0.05, 0.1) is 12.3 Å². The lowest BCUT2D eigenvalue weighted by atomic mass is 10.0. The van der Waals surface area contributed by atoms with E-state index < -0.39 is 28.0 Å². The molecule has 1 aliphatic heterocycles. The van der Waals surface area contributed by atoms with Gasteiger partial charge in [0.15, 0.2) is 0 Å². The number of nitrogens with zero attached hydrogens (tertiary/aromatic N) is 1. The second-order valence-electron chi connectivity index (χ2n) is 4.73. The van der Waals surface area contributed by atoms with Crippen molar-refractivity contribution < 1.29 is 18.0 Å². The highest BCUT2D eigenvalue weighted by Gasteiger charge is 2.28. The zero-order chi connectivity index (χ0) is 14.6. The number of hydrogen-bond acceptors (Lipinski definition) is 5. The van der Waals surface area contributed by atoms with Crippen LogP contribution in [0, 0.1) is 0 Å². The number of urea groups is 1. The molecule has 3 amide bonds. The Bertz CT molecular complexity index is 442. The fourth-order valence-electron chi connectivity index (χ4n) is 2.10. The molecular formula is C10H20N4O4S. The van der Waals surface area contributed by atoms with Crippen molar-refractivity contribution in [2.75, 3.05) is 19.3 Å². The van der Waals surface area contributed by atoms with Gasteiger partial charge >= 0.3 is 6.03 Å². The number of carbonyl (C=O) groups excluding carboxylic acids is 2. The molecule has 1 aliphatic rings. The Hall–Kier alpha value is -1.19. The molecule has 1 atom stereocenters. The number of imide groups is 1. The van der Waals surface area contributed by atoms with Crippen LogP contribution in [0.15, 0.2) is 0 Å². The molecular weight excluding hydrogens is 272 g/mol. The molecule has 1 rings (SSSR count). The van der Waals surface area contributed by atoms with Gasteiger partial charge in [-0.3, -0.25) is 15.0 Å². The van der Waals surface area contributed by atoms with Crippen LogP contribution in [0.25, 0.3) is 0 Å². The molecule has 0 unspecified atom stereocenters. The van der Waals surface area contributed by atoms with Gasteiger partial charge in [-0.2, -0.15) is 0 Å². The minimum atomic E-state index is -3.20. The van der Waals surface area contributed by atoms with Crippen molar-refractivity contribution in [1.29, 1.82) is 0 Å². The minimum absolute atomic E-state index is 0.0994. The molecule has 110 valence electrons. The molecule has 9 heteroatoms. The smallest absolute Gasteiger partial charge is 0.318 e. The standard InChI is InChI=1S/C10H20N4O4S/c1-7(9(15)12-10(11)16)14-5-3-8(4-6-14)13-19(2,17)18/h7-8,13H,3-6H2,1-2H3,(H3,11,12,15,16)/t7-/m0/s1. The number of carbonyl (C=O) groups is 2. The molecule has 0 aromatic rings. The lowest BCUT2D eigenvalue weighted by Crippen LogP contribution is -2.53. The Labute approximate surface area is 112 Å². The van der Waals surface area contributed by atoms with E-state index in [0.717, 1.165) is 6.26 Å². The number of nitrogens with two attached hydrogens (primary N) is 1. The van der Waals surface area contributed by atoms with Gasteiger partial charge in [-0.15, -0.1) is 0 Å². The summed E-state index contributed by atoms with van der Waals surface area (Å²) < 4.78 is 24.8. The first-order valence-electron chi connectivity index (χ1n) is 6.00. The molecule has 19 heavy (non-hydrogen) atoms. The SMILES string of the molecule is C[C@@H](C(=O)NC(N)=O)N1CCC(NS(C)(=O)=O)CC1. The van der Waals surface area contributed by atoms with Gasteiger partial charge in [-0.05, 0) is 19.8 Å². The van der Waals surface area contributed by atoms with Crippen molar-refractivity contribution in [2.45, 2.75) is 31.8 Å². The first kappa shape index (κ1) is 15.9. The Morgan fingerprint density at radius 3 is 2.26 bits per heavy atom. The molecule has 0 aromatic heterocycles. The molecule has 0 radical (unpaired) electrons. The van der Waals surface area contributed by atoms with Crippen molar-refractivity contribution in [3.8, 4) is 0 Å². The Morgan fingerprint density at radius 1 is 1.32 bits per heavy atom. The third-order valence-electron chi connectivity index (χ3n) is 3.08. The van der Waals surface area contributed by atoms with Crippen LogP contribution in [-0.2, 0) is 14.8 Å². The van der Waals surface area contributed by atoms with Crippen LogP contribution < -0.4 is 15.8 Å². The van der Waals surface area contributed by atoms with Gasteiger partial charge in [0.25, 0.3) is 0 Å². The lowest BCUT2D eigenvalue weighted by molar-refractivity contribution is -0.125. The Kier molecular flexibility index (Phi) is 5.27. The van der Waals surface area contributed by atoms with Gasteiger partial charge in [0.1, 0.15) is 0 Å². The fraction of sp³-hybridized carbons (Fsp3) is 0.800. The van der Waals surface area contributed by atoms with Crippen LogP contribution in [0.2, 0.25) is 0 Å². The maximum Gasteiger partial charge on any atom is 0.318 e. The summed E-state index contributed by atoms with van der Waals surface area (Å²) in [6.07, 6.45) is 2.38. The molecule has 4 N–H and O–H groups in total. The summed E-state index contributed by atoms with van der Waals surface area (Å²) in [6, 6.07) is -1.44. The normalized spacial score (nSPS) is 19.9. The topological polar surface area (TPSA) is 122 Å². The van der Waals surface area contributed by atoms with Gasteiger partial charge in [-0.1, -0.05) is 0 Å². The number of likely N-dealkylation sites (tertiary alicyclic amines) is 1. The molecule has 0 bridgehead atoms. The van der Waals surface area contributed by atoms with E-state index >= 15 is 0 Å². The molecule has 8 nitrogen and oxygen atoms in total. The number of piperidine rings is 1. The summed E-state index contributed by atoms with van der Waals surface area (Å²) in [5, 5.41) is 2.04. The quantitative estimate of drug-likeness (QED) is 0.587. The minimum Gasteiger partial charge on any atom is -0.351 e. The van der Waals surface area contributed by atoms with Crippen LogP contribution in [0.5, 0.6) is 0 Å². The molecule has 0 aromatic carbocycles. The summed E-state index contributed by atoms with van der Waals surface area (Å²) in [6.45, 7) is 2.85. The summed E-state index contributed by atoms with van der Waals surface area (Å²) in [5.74, 6) is -0.443. The van der Waals surface area contributed by atoms with Gasteiger partial charge in [0.2, 0.25) is 15.9 Å². The van der Waals surface area contributed by atoms with E-state index in [9.17, 15) is 18.0 Å². The second kappa shape index (κ2) is 6.31. The number of nitrogens with one attached hydrogen (secondary N) is 2. The number of sulfonamides is 1. The largest absolute Gasteiger partial charge is 0.351 e. The predicted octanol–water partition coefficient (Wildman–Crippen LogP) is -1.42. The molecule has 0 spiro atoms. The van der Waals surface area contributed by atoms with Gasteiger partial charge < -0.3 is 5.73 Å². The van der Waals surface area contributed by atoms with Crippen LogP contribution in [-0.4, -0.2) is 56.7 Å². The maximum absolute atomic E-state index is 11.6. The predicted molar refractivity (Wildman–Crippen MR) is 69.8 cm³/mol. The van der Waals surface area contributed by atoms with E-state index in [1.807, 2.05) is 10.2 Å². The average Bonchev–Trinajstić information content (AvgIpc) is 2.26. The highest BCUT2D eigenvalue weighted by atomic mass is 32.2. The van der Waals surface area contributed by atoms with E-state index in [1.165, 1.54) is 0 Å². The zero-order valence-corrected chi connectivity index (χ0v) is 11.9. The van der Waals surface area contributed by atoms with E-state index in [-0.39, 0.29) is 6.04 Å². The van der Waals surface area contributed by atoms with Crippen LogP contribution in [0.1, 0.15) is 19.8 Å². The van der Waals surface area contributed by atoms with Crippen molar-refractivity contribution in [1.82, 2.24) is 14.9 Å². The molecule has 1 fully saturated rings. The molecule has 1 saturated heterocycles. The number of amides is 3. The molecule has 0 saturated carbocycles. The summed E-state index contributed by atoms with van der Waals surface area (Å²) in [4.78, 5) is 24.1. The first-order chi connectivity index (χ1) is 8.69.